The predicted octanol–water partition coefficient (Wildman–Crippen LogP) is 1.55. The van der Waals surface area contributed by atoms with Crippen LogP contribution >= 0.6 is 0 Å². The van der Waals surface area contributed by atoms with Crippen LogP contribution in [0.15, 0.2) is 0 Å². The molecule has 0 aromatic rings. The second-order valence-corrected chi connectivity index (χ2v) is 6.08. The van der Waals surface area contributed by atoms with Gasteiger partial charge in [0.05, 0.1) is 0 Å². The van der Waals surface area contributed by atoms with Gasteiger partial charge >= 0.3 is 0 Å². The molecule has 104 valence electrons. The number of rotatable bonds is 4. The zero-order chi connectivity index (χ0) is 13.0. The van der Waals surface area contributed by atoms with Crippen LogP contribution < -0.4 is 5.32 Å². The number of carbonyl (C=O) groups excluding carboxylic acids is 1. The van der Waals surface area contributed by atoms with E-state index in [1.807, 2.05) is 0 Å². The van der Waals surface area contributed by atoms with Crippen LogP contribution in [0.2, 0.25) is 0 Å². The lowest BCUT2D eigenvalue weighted by molar-refractivity contribution is -0.130. The topological polar surface area (TPSA) is 41.6 Å². The third-order valence-electron chi connectivity index (χ3n) is 4.13. The number of nitrogens with one attached hydrogen (secondary N) is 1. The van der Waals surface area contributed by atoms with E-state index < -0.39 is 0 Å². The number of piperidine rings is 1. The first-order chi connectivity index (χ1) is 8.59. The summed E-state index contributed by atoms with van der Waals surface area (Å²) in [6.07, 6.45) is 5.58. The Bertz CT molecular complexity index is 280. The van der Waals surface area contributed by atoms with Crippen molar-refractivity contribution in [1.29, 1.82) is 0 Å². The van der Waals surface area contributed by atoms with Crippen molar-refractivity contribution in [3.05, 3.63) is 0 Å². The van der Waals surface area contributed by atoms with Crippen molar-refractivity contribution >= 4 is 5.91 Å². The number of nitrogens with zero attached hydrogens (tertiary/aromatic N) is 1. The smallest absolute Gasteiger partial charge is 0.249 e. The third-order valence-corrected chi connectivity index (χ3v) is 4.13. The van der Waals surface area contributed by atoms with Gasteiger partial charge in [0, 0.05) is 18.7 Å². The Labute approximate surface area is 110 Å². The molecule has 2 aliphatic heterocycles. The highest BCUT2D eigenvalue weighted by molar-refractivity contribution is 5.81. The van der Waals surface area contributed by atoms with Crippen LogP contribution in [0.3, 0.4) is 0 Å². The summed E-state index contributed by atoms with van der Waals surface area (Å²) in [4.78, 5) is 14.4. The van der Waals surface area contributed by atoms with E-state index in [4.69, 9.17) is 4.74 Å². The molecule has 2 saturated heterocycles. The molecule has 18 heavy (non-hydrogen) atoms. The summed E-state index contributed by atoms with van der Waals surface area (Å²) in [5.41, 5.74) is 0.0503. The summed E-state index contributed by atoms with van der Waals surface area (Å²) in [6, 6.07) is 0. The van der Waals surface area contributed by atoms with E-state index in [0.29, 0.717) is 6.54 Å². The standard InChI is InChI=1S/C14H26N2O2/c1-14(2,16-8-4-3-5-9-16)11-15-13(17)12-7-6-10-18-12/h12H,3-11H2,1-2H3,(H,15,17). The molecule has 1 unspecified atom stereocenters. The summed E-state index contributed by atoms with van der Waals surface area (Å²) in [5.74, 6) is 0.0672. The van der Waals surface area contributed by atoms with Crippen LogP contribution in [0.5, 0.6) is 0 Å². The van der Waals surface area contributed by atoms with Gasteiger partial charge in [-0.2, -0.15) is 0 Å². The normalized spacial score (nSPS) is 26.2. The largest absolute Gasteiger partial charge is 0.368 e. The van der Waals surface area contributed by atoms with Crippen molar-refractivity contribution in [2.45, 2.75) is 57.6 Å². The Morgan fingerprint density at radius 3 is 2.61 bits per heavy atom. The molecule has 2 fully saturated rings. The average Bonchev–Trinajstić information content (AvgIpc) is 2.91. The van der Waals surface area contributed by atoms with Gasteiger partial charge in [0.15, 0.2) is 0 Å². The minimum atomic E-state index is -0.206. The van der Waals surface area contributed by atoms with E-state index in [0.717, 1.165) is 32.5 Å². The Morgan fingerprint density at radius 1 is 1.28 bits per heavy atom. The maximum Gasteiger partial charge on any atom is 0.249 e. The molecule has 0 aromatic heterocycles. The Morgan fingerprint density at radius 2 is 2.00 bits per heavy atom. The van der Waals surface area contributed by atoms with Crippen molar-refractivity contribution < 1.29 is 9.53 Å². The molecule has 2 heterocycles. The molecular weight excluding hydrogens is 228 g/mol. The van der Waals surface area contributed by atoms with Gasteiger partial charge in [-0.25, -0.2) is 0 Å². The first kappa shape index (κ1) is 13.8. The highest BCUT2D eigenvalue weighted by Crippen LogP contribution is 2.20. The minimum Gasteiger partial charge on any atom is -0.368 e. The summed E-state index contributed by atoms with van der Waals surface area (Å²) in [5, 5.41) is 3.06. The summed E-state index contributed by atoms with van der Waals surface area (Å²) < 4.78 is 5.40. The number of likely N-dealkylation sites (tertiary alicyclic amines) is 1. The molecule has 4 nitrogen and oxygen atoms in total. The van der Waals surface area contributed by atoms with Crippen molar-refractivity contribution in [2.24, 2.45) is 0 Å². The molecule has 1 amide bonds. The molecule has 0 radical (unpaired) electrons. The van der Waals surface area contributed by atoms with Crippen molar-refractivity contribution in [3.8, 4) is 0 Å². The summed E-state index contributed by atoms with van der Waals surface area (Å²) in [7, 11) is 0. The number of amides is 1. The number of hydrogen-bond donors (Lipinski definition) is 1. The number of carbonyl (C=O) groups is 1. The Kier molecular flexibility index (Phi) is 4.62. The second-order valence-electron chi connectivity index (χ2n) is 6.08. The first-order valence-electron chi connectivity index (χ1n) is 7.24. The Balaban J connectivity index is 1.78. The van der Waals surface area contributed by atoms with Gasteiger partial charge in [0.2, 0.25) is 5.91 Å². The molecule has 0 spiro atoms. The molecule has 2 aliphatic rings. The highest BCUT2D eigenvalue weighted by atomic mass is 16.5. The Hall–Kier alpha value is -0.610. The van der Waals surface area contributed by atoms with E-state index in [2.05, 4.69) is 24.1 Å². The van der Waals surface area contributed by atoms with Crippen LogP contribution in [0.25, 0.3) is 0 Å². The van der Waals surface area contributed by atoms with Gasteiger partial charge in [-0.1, -0.05) is 6.42 Å². The zero-order valence-corrected chi connectivity index (χ0v) is 11.7. The molecule has 1 atom stereocenters. The van der Waals surface area contributed by atoms with Crippen molar-refractivity contribution in [2.75, 3.05) is 26.2 Å². The summed E-state index contributed by atoms with van der Waals surface area (Å²) >= 11 is 0. The molecule has 4 heteroatoms. The quantitative estimate of drug-likeness (QED) is 0.827. The lowest BCUT2D eigenvalue weighted by atomic mass is 9.98. The average molecular weight is 254 g/mol. The van der Waals surface area contributed by atoms with E-state index in [-0.39, 0.29) is 17.6 Å². The van der Waals surface area contributed by atoms with Gasteiger partial charge in [-0.05, 0) is 52.6 Å². The zero-order valence-electron chi connectivity index (χ0n) is 11.7. The van der Waals surface area contributed by atoms with Gasteiger partial charge in [-0.3, -0.25) is 9.69 Å². The van der Waals surface area contributed by atoms with Crippen LogP contribution in [0.1, 0.15) is 46.0 Å². The van der Waals surface area contributed by atoms with Gasteiger partial charge in [-0.15, -0.1) is 0 Å². The SMILES string of the molecule is CC(C)(CNC(=O)C1CCCO1)N1CCCCC1. The highest BCUT2D eigenvalue weighted by Gasteiger charge is 2.30. The fourth-order valence-corrected chi connectivity index (χ4v) is 2.81. The molecule has 1 N–H and O–H groups in total. The van der Waals surface area contributed by atoms with E-state index >= 15 is 0 Å². The maximum absolute atomic E-state index is 11.9. The maximum atomic E-state index is 11.9. The van der Waals surface area contributed by atoms with E-state index in [1.54, 1.807) is 0 Å². The predicted molar refractivity (Wildman–Crippen MR) is 71.5 cm³/mol. The monoisotopic (exact) mass is 254 g/mol. The fourth-order valence-electron chi connectivity index (χ4n) is 2.81. The first-order valence-corrected chi connectivity index (χ1v) is 7.24. The van der Waals surface area contributed by atoms with Crippen LogP contribution in [0, 0.1) is 0 Å². The van der Waals surface area contributed by atoms with Gasteiger partial charge in [0.25, 0.3) is 0 Å². The fraction of sp³-hybridized carbons (Fsp3) is 0.929. The number of hydrogen-bond acceptors (Lipinski definition) is 3. The lowest BCUT2D eigenvalue weighted by Crippen LogP contribution is -2.54. The molecule has 0 bridgehead atoms. The molecule has 0 saturated carbocycles. The van der Waals surface area contributed by atoms with Crippen molar-refractivity contribution in [1.82, 2.24) is 10.2 Å². The molecule has 0 aromatic carbocycles. The minimum absolute atomic E-state index is 0.0503. The molecular formula is C14H26N2O2. The van der Waals surface area contributed by atoms with Gasteiger partial charge < -0.3 is 10.1 Å². The molecule has 2 rings (SSSR count). The lowest BCUT2D eigenvalue weighted by Gasteiger charge is -2.41. The summed E-state index contributed by atoms with van der Waals surface area (Å²) in [6.45, 7) is 8.19. The van der Waals surface area contributed by atoms with E-state index in [1.165, 1.54) is 19.3 Å². The van der Waals surface area contributed by atoms with Crippen LogP contribution in [-0.2, 0) is 9.53 Å². The van der Waals surface area contributed by atoms with Crippen LogP contribution in [0.4, 0.5) is 0 Å². The second kappa shape index (κ2) is 6.02. The third kappa shape index (κ3) is 3.45. The van der Waals surface area contributed by atoms with E-state index in [9.17, 15) is 4.79 Å². The number of ether oxygens (including phenoxy) is 1. The van der Waals surface area contributed by atoms with Crippen LogP contribution in [-0.4, -0.2) is 48.7 Å². The van der Waals surface area contributed by atoms with Gasteiger partial charge in [0.1, 0.15) is 6.10 Å². The molecule has 0 aliphatic carbocycles. The van der Waals surface area contributed by atoms with Crippen molar-refractivity contribution in [3.63, 3.8) is 0 Å².